The average molecular weight is 341 g/mol. The first kappa shape index (κ1) is 14.5. The molecule has 3 aliphatic rings. The number of fused-ring (bicyclic) bond motifs is 10. The zero-order chi connectivity index (χ0) is 17.3. The fourth-order valence-electron chi connectivity index (χ4n) is 5.67. The van der Waals surface area contributed by atoms with Gasteiger partial charge in [-0.1, -0.05) is 48.5 Å². The van der Waals surface area contributed by atoms with Crippen LogP contribution in [0.2, 0.25) is 0 Å². The summed E-state index contributed by atoms with van der Waals surface area (Å²) in [7, 11) is 0. The standard InChI is InChI=1S/C24H20FN/c25-17-10-12-22-21(13-17)23-18-7-3-1-5-15(18)9-11-20(23)24-19-8-4-2-6-16(19)14-26(22)24/h1-8,10,12-13,20,23-24H,9,11,14H2/t20-,23+,24+/m0/s1. The summed E-state index contributed by atoms with van der Waals surface area (Å²) in [6.45, 7) is 0.935. The van der Waals surface area contributed by atoms with Gasteiger partial charge in [-0.25, -0.2) is 4.39 Å². The van der Waals surface area contributed by atoms with Crippen LogP contribution in [0.5, 0.6) is 0 Å². The predicted molar refractivity (Wildman–Crippen MR) is 102 cm³/mol. The molecule has 6 rings (SSSR count). The molecule has 0 bridgehead atoms. The molecule has 2 aliphatic heterocycles. The Balaban J connectivity index is 1.63. The second-order valence-electron chi connectivity index (χ2n) is 7.85. The van der Waals surface area contributed by atoms with E-state index >= 15 is 0 Å². The van der Waals surface area contributed by atoms with E-state index in [4.69, 9.17) is 0 Å². The van der Waals surface area contributed by atoms with Crippen LogP contribution < -0.4 is 4.90 Å². The van der Waals surface area contributed by atoms with Gasteiger partial charge in [0.05, 0.1) is 6.04 Å². The zero-order valence-corrected chi connectivity index (χ0v) is 14.5. The molecule has 1 nitrogen and oxygen atoms in total. The van der Waals surface area contributed by atoms with Crippen LogP contribution in [-0.2, 0) is 13.0 Å². The molecule has 1 aliphatic carbocycles. The van der Waals surface area contributed by atoms with Crippen molar-refractivity contribution < 1.29 is 4.39 Å². The maximum atomic E-state index is 14.2. The summed E-state index contributed by atoms with van der Waals surface area (Å²) in [4.78, 5) is 2.52. The van der Waals surface area contributed by atoms with Crippen molar-refractivity contribution in [3.63, 3.8) is 0 Å². The van der Waals surface area contributed by atoms with Gasteiger partial charge in [0.25, 0.3) is 0 Å². The monoisotopic (exact) mass is 341 g/mol. The van der Waals surface area contributed by atoms with Crippen molar-refractivity contribution in [3.05, 3.63) is 100 Å². The molecule has 3 atom stereocenters. The molecule has 128 valence electrons. The van der Waals surface area contributed by atoms with Crippen molar-refractivity contribution in [2.75, 3.05) is 4.90 Å². The summed E-state index contributed by atoms with van der Waals surface area (Å²) in [6.07, 6.45) is 2.28. The first-order chi connectivity index (χ1) is 12.8. The number of nitrogens with zero attached hydrogens (tertiary/aromatic N) is 1. The Morgan fingerprint density at radius 1 is 0.808 bits per heavy atom. The lowest BCUT2D eigenvalue weighted by atomic mass is 9.65. The largest absolute Gasteiger partial charge is 0.360 e. The first-order valence-corrected chi connectivity index (χ1v) is 9.53. The molecule has 2 heteroatoms. The predicted octanol–water partition coefficient (Wildman–Crippen LogP) is 5.59. The second kappa shape index (κ2) is 5.20. The first-order valence-electron chi connectivity index (χ1n) is 9.53. The third-order valence-electron chi connectivity index (χ3n) is 6.66. The van der Waals surface area contributed by atoms with E-state index in [9.17, 15) is 4.39 Å². The summed E-state index contributed by atoms with van der Waals surface area (Å²) >= 11 is 0. The van der Waals surface area contributed by atoms with Crippen molar-refractivity contribution in [1.82, 2.24) is 0 Å². The van der Waals surface area contributed by atoms with Crippen molar-refractivity contribution in [3.8, 4) is 0 Å². The van der Waals surface area contributed by atoms with Crippen LogP contribution in [0.15, 0.2) is 66.7 Å². The number of hydrogen-bond acceptors (Lipinski definition) is 1. The molecule has 0 amide bonds. The minimum atomic E-state index is -0.124. The Labute approximate surface area is 153 Å². The fraction of sp³-hybridized carbons (Fsp3) is 0.250. The van der Waals surface area contributed by atoms with Crippen LogP contribution in [0.4, 0.5) is 10.1 Å². The highest BCUT2D eigenvalue weighted by atomic mass is 19.1. The molecule has 0 saturated carbocycles. The van der Waals surface area contributed by atoms with E-state index in [0.29, 0.717) is 12.0 Å². The van der Waals surface area contributed by atoms with Gasteiger partial charge < -0.3 is 4.90 Å². The van der Waals surface area contributed by atoms with E-state index in [1.165, 1.54) is 33.5 Å². The summed E-state index contributed by atoms with van der Waals surface area (Å²) in [5.74, 6) is 0.668. The van der Waals surface area contributed by atoms with Crippen LogP contribution in [0.1, 0.15) is 46.2 Å². The van der Waals surface area contributed by atoms with Crippen molar-refractivity contribution >= 4 is 5.69 Å². The topological polar surface area (TPSA) is 3.24 Å². The molecule has 26 heavy (non-hydrogen) atoms. The molecule has 0 aromatic heterocycles. The highest BCUT2D eigenvalue weighted by Crippen LogP contribution is 2.58. The Hall–Kier alpha value is -2.61. The zero-order valence-electron chi connectivity index (χ0n) is 14.5. The smallest absolute Gasteiger partial charge is 0.123 e. The van der Waals surface area contributed by atoms with E-state index in [1.807, 2.05) is 6.07 Å². The quantitative estimate of drug-likeness (QED) is 0.515. The van der Waals surface area contributed by atoms with Gasteiger partial charge in [0.1, 0.15) is 5.82 Å². The molecular weight excluding hydrogens is 321 g/mol. The Morgan fingerprint density at radius 2 is 1.58 bits per heavy atom. The normalized spacial score (nSPS) is 25.0. The molecule has 0 spiro atoms. The van der Waals surface area contributed by atoms with Gasteiger partial charge in [-0.05, 0) is 64.8 Å². The lowest BCUT2D eigenvalue weighted by Crippen LogP contribution is -2.39. The summed E-state index contributed by atoms with van der Waals surface area (Å²) in [5, 5.41) is 0. The van der Waals surface area contributed by atoms with Gasteiger partial charge >= 0.3 is 0 Å². The highest BCUT2D eigenvalue weighted by molar-refractivity contribution is 5.66. The summed E-state index contributed by atoms with van der Waals surface area (Å²) in [5.41, 5.74) is 8.12. The molecule has 0 unspecified atom stereocenters. The van der Waals surface area contributed by atoms with Gasteiger partial charge in [-0.2, -0.15) is 0 Å². The minimum Gasteiger partial charge on any atom is -0.360 e. The van der Waals surface area contributed by atoms with Gasteiger partial charge in [0, 0.05) is 18.2 Å². The third-order valence-corrected chi connectivity index (χ3v) is 6.66. The lowest BCUT2D eigenvalue weighted by Gasteiger charge is -2.47. The third kappa shape index (κ3) is 1.85. The number of benzene rings is 3. The molecule has 3 aromatic rings. The van der Waals surface area contributed by atoms with Gasteiger partial charge in [0.15, 0.2) is 0 Å². The molecule has 0 N–H and O–H groups in total. The maximum absolute atomic E-state index is 14.2. The SMILES string of the molecule is Fc1ccc2c(c1)[C@@H]1c3ccccc3CC[C@@H]1[C@H]1c3ccccc3CN21. The lowest BCUT2D eigenvalue weighted by molar-refractivity contribution is 0.320. The number of aryl methyl sites for hydroxylation is 1. The average Bonchev–Trinajstić information content (AvgIpc) is 3.07. The van der Waals surface area contributed by atoms with Gasteiger partial charge in [-0.3, -0.25) is 0 Å². The van der Waals surface area contributed by atoms with E-state index in [2.05, 4.69) is 53.4 Å². The van der Waals surface area contributed by atoms with Crippen LogP contribution in [-0.4, -0.2) is 0 Å². The van der Waals surface area contributed by atoms with Gasteiger partial charge in [0.2, 0.25) is 0 Å². The molecule has 0 radical (unpaired) electrons. The molecule has 0 saturated heterocycles. The fourth-order valence-corrected chi connectivity index (χ4v) is 5.67. The minimum absolute atomic E-state index is 0.124. The summed E-state index contributed by atoms with van der Waals surface area (Å²) < 4.78 is 14.2. The van der Waals surface area contributed by atoms with E-state index in [-0.39, 0.29) is 11.7 Å². The molecular formula is C24H20FN. The van der Waals surface area contributed by atoms with Crippen molar-refractivity contribution in [2.24, 2.45) is 5.92 Å². The van der Waals surface area contributed by atoms with Crippen LogP contribution in [0, 0.1) is 11.7 Å². The van der Waals surface area contributed by atoms with E-state index in [1.54, 1.807) is 12.1 Å². The summed E-state index contributed by atoms with van der Waals surface area (Å²) in [6, 6.07) is 23.4. The van der Waals surface area contributed by atoms with Crippen LogP contribution >= 0.6 is 0 Å². The second-order valence-corrected chi connectivity index (χ2v) is 7.85. The van der Waals surface area contributed by atoms with Gasteiger partial charge in [-0.15, -0.1) is 0 Å². The number of hydrogen-bond donors (Lipinski definition) is 0. The molecule has 2 heterocycles. The highest BCUT2D eigenvalue weighted by Gasteiger charge is 2.47. The Kier molecular flexibility index (Phi) is 2.91. The van der Waals surface area contributed by atoms with Crippen molar-refractivity contribution in [1.29, 1.82) is 0 Å². The van der Waals surface area contributed by atoms with Crippen molar-refractivity contribution in [2.45, 2.75) is 31.3 Å². The van der Waals surface area contributed by atoms with E-state index < -0.39 is 0 Å². The number of rotatable bonds is 0. The van der Waals surface area contributed by atoms with Crippen LogP contribution in [0.3, 0.4) is 0 Å². The Morgan fingerprint density at radius 3 is 2.46 bits per heavy atom. The number of halogens is 1. The number of anilines is 1. The molecule has 0 fully saturated rings. The van der Waals surface area contributed by atoms with E-state index in [0.717, 1.165) is 19.4 Å². The molecule has 3 aromatic carbocycles. The maximum Gasteiger partial charge on any atom is 0.123 e. The van der Waals surface area contributed by atoms with Crippen LogP contribution in [0.25, 0.3) is 0 Å². The Bertz CT molecular complexity index is 1020.